The van der Waals surface area contributed by atoms with Crippen LogP contribution in [-0.4, -0.2) is 24.2 Å². The fourth-order valence-electron chi connectivity index (χ4n) is 2.30. The van der Waals surface area contributed by atoms with Crippen molar-refractivity contribution >= 4 is 5.91 Å². The lowest BCUT2D eigenvalue weighted by Gasteiger charge is -2.10. The van der Waals surface area contributed by atoms with Gasteiger partial charge in [0.25, 0.3) is 5.91 Å². The first-order valence-electron chi connectivity index (χ1n) is 7.71. The maximum absolute atomic E-state index is 12.1. The SMILES string of the molecule is CC(C)c1cccc(-c2cccc(C(=O)NCCCO)c2)c1. The Labute approximate surface area is 132 Å². The summed E-state index contributed by atoms with van der Waals surface area (Å²) in [5.41, 5.74) is 4.09. The minimum absolute atomic E-state index is 0.0856. The van der Waals surface area contributed by atoms with E-state index in [1.54, 1.807) is 0 Å². The first-order valence-corrected chi connectivity index (χ1v) is 7.71. The quantitative estimate of drug-likeness (QED) is 0.801. The Kier molecular flexibility index (Phi) is 5.73. The zero-order valence-electron chi connectivity index (χ0n) is 13.2. The van der Waals surface area contributed by atoms with Crippen LogP contribution < -0.4 is 5.32 Å². The van der Waals surface area contributed by atoms with Crippen molar-refractivity contribution in [2.24, 2.45) is 0 Å². The summed E-state index contributed by atoms with van der Waals surface area (Å²) in [6.45, 7) is 4.92. The molecule has 2 rings (SSSR count). The molecule has 0 aliphatic rings. The van der Waals surface area contributed by atoms with Gasteiger partial charge >= 0.3 is 0 Å². The molecule has 0 aromatic heterocycles. The lowest BCUT2D eigenvalue weighted by molar-refractivity contribution is 0.0951. The number of aliphatic hydroxyl groups excluding tert-OH is 1. The summed E-state index contributed by atoms with van der Waals surface area (Å²) >= 11 is 0. The summed E-state index contributed by atoms with van der Waals surface area (Å²) in [5.74, 6) is 0.375. The van der Waals surface area contributed by atoms with Crippen LogP contribution in [-0.2, 0) is 0 Å². The van der Waals surface area contributed by atoms with Crippen molar-refractivity contribution in [3.63, 3.8) is 0 Å². The molecule has 3 nitrogen and oxygen atoms in total. The average molecular weight is 297 g/mol. The van der Waals surface area contributed by atoms with Crippen LogP contribution in [0.3, 0.4) is 0 Å². The second-order valence-corrected chi connectivity index (χ2v) is 5.69. The first kappa shape index (κ1) is 16.2. The highest BCUT2D eigenvalue weighted by molar-refractivity contribution is 5.95. The molecule has 0 bridgehead atoms. The molecule has 0 aliphatic heterocycles. The number of aliphatic hydroxyl groups is 1. The van der Waals surface area contributed by atoms with E-state index in [4.69, 9.17) is 5.11 Å². The van der Waals surface area contributed by atoms with Crippen molar-refractivity contribution in [1.29, 1.82) is 0 Å². The van der Waals surface area contributed by atoms with Gasteiger partial charge in [0.05, 0.1) is 0 Å². The fourth-order valence-corrected chi connectivity index (χ4v) is 2.30. The lowest BCUT2D eigenvalue weighted by atomic mass is 9.96. The van der Waals surface area contributed by atoms with Crippen LogP contribution in [0, 0.1) is 0 Å². The summed E-state index contributed by atoms with van der Waals surface area (Å²) in [6, 6.07) is 16.1. The molecule has 3 heteroatoms. The van der Waals surface area contributed by atoms with E-state index in [0.29, 0.717) is 24.4 Å². The highest BCUT2D eigenvalue weighted by Crippen LogP contribution is 2.24. The van der Waals surface area contributed by atoms with Crippen LogP contribution in [0.25, 0.3) is 11.1 Å². The first-order chi connectivity index (χ1) is 10.6. The highest BCUT2D eigenvalue weighted by atomic mass is 16.3. The van der Waals surface area contributed by atoms with Gasteiger partial charge in [-0.2, -0.15) is 0 Å². The molecule has 0 atom stereocenters. The minimum Gasteiger partial charge on any atom is -0.396 e. The number of carbonyl (C=O) groups is 1. The molecule has 116 valence electrons. The molecular formula is C19H23NO2. The van der Waals surface area contributed by atoms with E-state index in [9.17, 15) is 4.79 Å². The predicted molar refractivity (Wildman–Crippen MR) is 90.0 cm³/mol. The molecule has 2 N–H and O–H groups in total. The van der Waals surface area contributed by atoms with Crippen LogP contribution in [0.15, 0.2) is 48.5 Å². The number of benzene rings is 2. The molecule has 0 unspecified atom stereocenters. The smallest absolute Gasteiger partial charge is 0.251 e. The number of nitrogens with one attached hydrogen (secondary N) is 1. The Morgan fingerprint density at radius 1 is 1.09 bits per heavy atom. The third kappa shape index (κ3) is 4.18. The molecule has 0 spiro atoms. The van der Waals surface area contributed by atoms with Gasteiger partial charge in [0, 0.05) is 18.7 Å². The van der Waals surface area contributed by atoms with E-state index >= 15 is 0 Å². The maximum atomic E-state index is 12.1. The third-order valence-corrected chi connectivity index (χ3v) is 3.63. The Morgan fingerprint density at radius 3 is 2.45 bits per heavy atom. The zero-order chi connectivity index (χ0) is 15.9. The molecule has 2 aromatic carbocycles. The molecule has 1 amide bonds. The van der Waals surface area contributed by atoms with Gasteiger partial charge < -0.3 is 10.4 Å². The average Bonchev–Trinajstić information content (AvgIpc) is 2.55. The van der Waals surface area contributed by atoms with Gasteiger partial charge in [-0.3, -0.25) is 4.79 Å². The number of carbonyl (C=O) groups excluding carboxylic acids is 1. The van der Waals surface area contributed by atoms with Gasteiger partial charge in [0.1, 0.15) is 0 Å². The molecule has 2 aromatic rings. The van der Waals surface area contributed by atoms with Crippen LogP contribution in [0.5, 0.6) is 0 Å². The van der Waals surface area contributed by atoms with E-state index in [1.165, 1.54) is 5.56 Å². The van der Waals surface area contributed by atoms with E-state index in [1.807, 2.05) is 24.3 Å². The van der Waals surface area contributed by atoms with Crippen molar-refractivity contribution in [2.45, 2.75) is 26.2 Å². The predicted octanol–water partition coefficient (Wildman–Crippen LogP) is 3.59. The molecule has 0 fully saturated rings. The van der Waals surface area contributed by atoms with Crippen molar-refractivity contribution in [1.82, 2.24) is 5.32 Å². The monoisotopic (exact) mass is 297 g/mol. The minimum atomic E-state index is -0.102. The van der Waals surface area contributed by atoms with Crippen LogP contribution in [0.2, 0.25) is 0 Å². The molecular weight excluding hydrogens is 274 g/mol. The van der Waals surface area contributed by atoms with Crippen molar-refractivity contribution in [3.05, 3.63) is 59.7 Å². The van der Waals surface area contributed by atoms with Gasteiger partial charge in [0.2, 0.25) is 0 Å². The Morgan fingerprint density at radius 2 is 1.77 bits per heavy atom. The molecule has 0 radical (unpaired) electrons. The molecule has 22 heavy (non-hydrogen) atoms. The van der Waals surface area contributed by atoms with Gasteiger partial charge in [-0.1, -0.05) is 50.2 Å². The number of rotatable bonds is 6. The zero-order valence-corrected chi connectivity index (χ0v) is 13.2. The standard InChI is InChI=1S/C19H23NO2/c1-14(2)15-6-3-7-16(12-15)17-8-4-9-18(13-17)19(22)20-10-5-11-21/h3-4,6-9,12-14,21H,5,10-11H2,1-2H3,(H,20,22). The number of amides is 1. The lowest BCUT2D eigenvalue weighted by Crippen LogP contribution is -2.24. The molecule has 0 aliphatic carbocycles. The molecule has 0 heterocycles. The summed E-state index contributed by atoms with van der Waals surface area (Å²) in [7, 11) is 0. The maximum Gasteiger partial charge on any atom is 0.251 e. The number of hydrogen-bond donors (Lipinski definition) is 2. The Bertz CT molecular complexity index is 635. The van der Waals surface area contributed by atoms with Crippen LogP contribution in [0.1, 0.15) is 42.1 Å². The van der Waals surface area contributed by atoms with Gasteiger partial charge in [-0.15, -0.1) is 0 Å². The topological polar surface area (TPSA) is 49.3 Å². The second kappa shape index (κ2) is 7.76. The van der Waals surface area contributed by atoms with Gasteiger partial charge in [0.15, 0.2) is 0 Å². The summed E-state index contributed by atoms with van der Waals surface area (Å²) in [4.78, 5) is 12.1. The van der Waals surface area contributed by atoms with Crippen molar-refractivity contribution in [2.75, 3.05) is 13.2 Å². The summed E-state index contributed by atoms with van der Waals surface area (Å²) < 4.78 is 0. The largest absolute Gasteiger partial charge is 0.396 e. The summed E-state index contributed by atoms with van der Waals surface area (Å²) in [5, 5.41) is 11.6. The van der Waals surface area contributed by atoms with Crippen molar-refractivity contribution in [3.8, 4) is 11.1 Å². The summed E-state index contributed by atoms with van der Waals surface area (Å²) in [6.07, 6.45) is 0.571. The van der Waals surface area contributed by atoms with Crippen molar-refractivity contribution < 1.29 is 9.90 Å². The molecule has 0 saturated carbocycles. The number of hydrogen-bond acceptors (Lipinski definition) is 2. The molecule has 0 saturated heterocycles. The van der Waals surface area contributed by atoms with Gasteiger partial charge in [-0.25, -0.2) is 0 Å². The third-order valence-electron chi connectivity index (χ3n) is 3.63. The van der Waals surface area contributed by atoms with Gasteiger partial charge in [-0.05, 0) is 41.2 Å². The van der Waals surface area contributed by atoms with Crippen LogP contribution >= 0.6 is 0 Å². The highest BCUT2D eigenvalue weighted by Gasteiger charge is 2.07. The van der Waals surface area contributed by atoms with E-state index in [2.05, 4.69) is 43.4 Å². The Hall–Kier alpha value is -2.13. The normalized spacial score (nSPS) is 10.7. The van der Waals surface area contributed by atoms with Crippen LogP contribution in [0.4, 0.5) is 0 Å². The second-order valence-electron chi connectivity index (χ2n) is 5.69. The van der Waals surface area contributed by atoms with E-state index in [0.717, 1.165) is 11.1 Å². The Balaban J connectivity index is 2.21. The van der Waals surface area contributed by atoms with E-state index in [-0.39, 0.29) is 12.5 Å². The van der Waals surface area contributed by atoms with E-state index < -0.39 is 0 Å². The fraction of sp³-hybridized carbons (Fsp3) is 0.316.